The maximum Gasteiger partial charge on any atom is 0.0695 e. The topological polar surface area (TPSA) is 43.7 Å². The van der Waals surface area contributed by atoms with Gasteiger partial charge in [-0.1, -0.05) is 12.8 Å². The van der Waals surface area contributed by atoms with Crippen molar-refractivity contribution in [2.24, 2.45) is 0 Å². The molecule has 0 heterocycles. The minimum Gasteiger partial charge on any atom is -0.396 e. The predicted octanol–water partition coefficient (Wildman–Crippen LogP) is 1.38. The fourth-order valence-corrected chi connectivity index (χ4v) is 2.54. The van der Waals surface area contributed by atoms with Crippen molar-refractivity contribution in [2.75, 3.05) is 13.2 Å². The van der Waals surface area contributed by atoms with Crippen LogP contribution in [0, 0.1) is 0 Å². The molecule has 0 bridgehead atoms. The van der Waals surface area contributed by atoms with Gasteiger partial charge in [0, 0.05) is 25.2 Å². The highest BCUT2D eigenvalue weighted by atomic mass is 16.3. The number of aliphatic hydroxyl groups is 2. The summed E-state index contributed by atoms with van der Waals surface area (Å²) in [5.74, 6) is 0. The van der Waals surface area contributed by atoms with Crippen LogP contribution in [-0.2, 0) is 0 Å². The van der Waals surface area contributed by atoms with Gasteiger partial charge in [-0.3, -0.25) is 4.90 Å². The van der Waals surface area contributed by atoms with Crippen molar-refractivity contribution in [1.82, 2.24) is 4.90 Å². The van der Waals surface area contributed by atoms with Crippen molar-refractivity contribution in [1.29, 1.82) is 0 Å². The zero-order valence-electron chi connectivity index (χ0n) is 10.0. The van der Waals surface area contributed by atoms with E-state index in [9.17, 15) is 5.11 Å². The van der Waals surface area contributed by atoms with Gasteiger partial charge in [-0.25, -0.2) is 0 Å². The van der Waals surface area contributed by atoms with Crippen molar-refractivity contribution in [3.8, 4) is 0 Å². The van der Waals surface area contributed by atoms with Crippen LogP contribution in [-0.4, -0.2) is 46.5 Å². The van der Waals surface area contributed by atoms with Crippen LogP contribution in [0.15, 0.2) is 0 Å². The van der Waals surface area contributed by atoms with Crippen molar-refractivity contribution in [2.45, 2.75) is 64.1 Å². The van der Waals surface area contributed by atoms with E-state index in [4.69, 9.17) is 5.11 Å². The molecule has 0 aromatic rings. The molecule has 0 radical (unpaired) electrons. The quantitative estimate of drug-likeness (QED) is 0.728. The summed E-state index contributed by atoms with van der Waals surface area (Å²) in [5.41, 5.74) is 0. The molecule has 0 aromatic heterocycles. The van der Waals surface area contributed by atoms with Gasteiger partial charge in [0.2, 0.25) is 0 Å². The second-order valence-electron chi connectivity index (χ2n) is 4.83. The highest BCUT2D eigenvalue weighted by molar-refractivity contribution is 4.84. The van der Waals surface area contributed by atoms with E-state index in [2.05, 4.69) is 18.7 Å². The van der Waals surface area contributed by atoms with E-state index in [1.807, 2.05) is 0 Å². The Morgan fingerprint density at radius 2 is 1.93 bits per heavy atom. The van der Waals surface area contributed by atoms with Crippen molar-refractivity contribution in [3.63, 3.8) is 0 Å². The lowest BCUT2D eigenvalue weighted by Crippen LogP contribution is -2.49. The van der Waals surface area contributed by atoms with Gasteiger partial charge in [0.25, 0.3) is 0 Å². The van der Waals surface area contributed by atoms with E-state index in [1.54, 1.807) is 0 Å². The Morgan fingerprint density at radius 3 is 2.47 bits per heavy atom. The van der Waals surface area contributed by atoms with Crippen LogP contribution in [0.25, 0.3) is 0 Å². The van der Waals surface area contributed by atoms with Gasteiger partial charge in [-0.05, 0) is 33.1 Å². The number of nitrogens with zero attached hydrogens (tertiary/aromatic N) is 1. The summed E-state index contributed by atoms with van der Waals surface area (Å²) >= 11 is 0. The molecule has 3 nitrogen and oxygen atoms in total. The van der Waals surface area contributed by atoms with Crippen LogP contribution in [0.4, 0.5) is 0 Å². The molecule has 90 valence electrons. The number of aliphatic hydroxyl groups excluding tert-OH is 2. The summed E-state index contributed by atoms with van der Waals surface area (Å²) in [6.07, 6.45) is 5.06. The van der Waals surface area contributed by atoms with Crippen molar-refractivity contribution < 1.29 is 10.2 Å². The van der Waals surface area contributed by atoms with Crippen LogP contribution in [0.3, 0.4) is 0 Å². The minimum absolute atomic E-state index is 0.167. The Balaban J connectivity index is 2.52. The predicted molar refractivity (Wildman–Crippen MR) is 61.8 cm³/mol. The van der Waals surface area contributed by atoms with E-state index in [1.165, 1.54) is 6.42 Å². The number of hydrogen-bond acceptors (Lipinski definition) is 3. The first-order chi connectivity index (χ1) is 7.16. The van der Waals surface area contributed by atoms with Gasteiger partial charge in [0.15, 0.2) is 0 Å². The summed E-state index contributed by atoms with van der Waals surface area (Å²) in [6.45, 7) is 5.47. The van der Waals surface area contributed by atoms with E-state index in [0.717, 1.165) is 32.2 Å². The van der Waals surface area contributed by atoms with Gasteiger partial charge in [-0.2, -0.15) is 0 Å². The number of hydrogen-bond donors (Lipinski definition) is 2. The standard InChI is InChI=1S/C12H25NO2/c1-10(2)13(8-5-9-14)11-6-3-4-7-12(11)15/h10-12,14-15H,3-9H2,1-2H3. The first kappa shape index (κ1) is 12.9. The molecule has 15 heavy (non-hydrogen) atoms. The normalized spacial score (nSPS) is 27.6. The second-order valence-corrected chi connectivity index (χ2v) is 4.83. The largest absolute Gasteiger partial charge is 0.396 e. The van der Waals surface area contributed by atoms with Gasteiger partial charge < -0.3 is 10.2 Å². The first-order valence-electron chi connectivity index (χ1n) is 6.21. The molecule has 3 heteroatoms. The fraction of sp³-hybridized carbons (Fsp3) is 1.00. The zero-order valence-corrected chi connectivity index (χ0v) is 10.0. The molecule has 2 unspecified atom stereocenters. The van der Waals surface area contributed by atoms with E-state index < -0.39 is 0 Å². The Morgan fingerprint density at radius 1 is 1.27 bits per heavy atom. The molecule has 2 atom stereocenters. The lowest BCUT2D eigenvalue weighted by molar-refractivity contribution is 0.00244. The van der Waals surface area contributed by atoms with Crippen LogP contribution >= 0.6 is 0 Å². The Kier molecular flexibility index (Phi) is 5.58. The molecule has 0 aromatic carbocycles. The van der Waals surface area contributed by atoms with Gasteiger partial charge in [0.1, 0.15) is 0 Å². The molecule has 1 aliphatic rings. The monoisotopic (exact) mass is 215 g/mol. The third-order valence-corrected chi connectivity index (χ3v) is 3.36. The van der Waals surface area contributed by atoms with E-state index in [0.29, 0.717) is 12.1 Å². The smallest absolute Gasteiger partial charge is 0.0695 e. The molecular formula is C12H25NO2. The Bertz CT molecular complexity index is 173. The maximum absolute atomic E-state index is 9.98. The molecule has 1 saturated carbocycles. The lowest BCUT2D eigenvalue weighted by Gasteiger charge is -2.40. The van der Waals surface area contributed by atoms with Crippen LogP contribution in [0.5, 0.6) is 0 Å². The SMILES string of the molecule is CC(C)N(CCCO)C1CCCCC1O. The Hall–Kier alpha value is -0.120. The molecule has 0 saturated heterocycles. The van der Waals surface area contributed by atoms with Gasteiger partial charge in [-0.15, -0.1) is 0 Å². The summed E-state index contributed by atoms with van der Waals surface area (Å²) in [6, 6.07) is 0.764. The number of rotatable bonds is 5. The summed E-state index contributed by atoms with van der Waals surface area (Å²) < 4.78 is 0. The van der Waals surface area contributed by atoms with Gasteiger partial charge >= 0.3 is 0 Å². The average Bonchev–Trinajstić information content (AvgIpc) is 2.20. The molecule has 0 aliphatic heterocycles. The Labute approximate surface area is 93.1 Å². The van der Waals surface area contributed by atoms with Crippen LogP contribution < -0.4 is 0 Å². The van der Waals surface area contributed by atoms with Crippen molar-refractivity contribution in [3.05, 3.63) is 0 Å². The van der Waals surface area contributed by atoms with Gasteiger partial charge in [0.05, 0.1) is 6.10 Å². The first-order valence-corrected chi connectivity index (χ1v) is 6.21. The molecule has 1 fully saturated rings. The average molecular weight is 215 g/mol. The third kappa shape index (κ3) is 3.74. The summed E-state index contributed by atoms with van der Waals surface area (Å²) in [4.78, 5) is 2.35. The van der Waals surface area contributed by atoms with Crippen molar-refractivity contribution >= 4 is 0 Å². The molecule has 0 amide bonds. The highest BCUT2D eigenvalue weighted by Crippen LogP contribution is 2.24. The van der Waals surface area contributed by atoms with E-state index >= 15 is 0 Å². The molecule has 2 N–H and O–H groups in total. The van der Waals surface area contributed by atoms with Crippen LogP contribution in [0.1, 0.15) is 46.0 Å². The van der Waals surface area contributed by atoms with Crippen LogP contribution in [0.2, 0.25) is 0 Å². The zero-order chi connectivity index (χ0) is 11.3. The second kappa shape index (κ2) is 6.46. The summed E-state index contributed by atoms with van der Waals surface area (Å²) in [7, 11) is 0. The molecule has 0 spiro atoms. The minimum atomic E-state index is -0.167. The summed E-state index contributed by atoms with van der Waals surface area (Å²) in [5, 5.41) is 18.9. The third-order valence-electron chi connectivity index (χ3n) is 3.36. The van der Waals surface area contributed by atoms with E-state index in [-0.39, 0.29) is 12.7 Å². The molecule has 1 aliphatic carbocycles. The molecule has 1 rings (SSSR count). The highest BCUT2D eigenvalue weighted by Gasteiger charge is 2.29. The lowest BCUT2D eigenvalue weighted by atomic mass is 9.90. The fourth-order valence-electron chi connectivity index (χ4n) is 2.54. The molecular weight excluding hydrogens is 190 g/mol. The maximum atomic E-state index is 9.98.